The predicted octanol–water partition coefficient (Wildman–Crippen LogP) is 4.25. The van der Waals surface area contributed by atoms with Gasteiger partial charge in [0.1, 0.15) is 5.78 Å². The summed E-state index contributed by atoms with van der Waals surface area (Å²) in [6, 6.07) is 1.91. The summed E-state index contributed by atoms with van der Waals surface area (Å²) in [5.74, 6) is 0.195. The van der Waals surface area contributed by atoms with Gasteiger partial charge >= 0.3 is 0 Å². The van der Waals surface area contributed by atoms with Crippen molar-refractivity contribution in [2.75, 3.05) is 6.54 Å². The Morgan fingerprint density at radius 3 is 2.74 bits per heavy atom. The number of carbonyl (C=O) groups excluding carboxylic acids is 2. The highest BCUT2D eigenvalue weighted by Crippen LogP contribution is 2.34. The highest BCUT2D eigenvalue weighted by Gasteiger charge is 2.29. The summed E-state index contributed by atoms with van der Waals surface area (Å²) >= 11 is 8.24. The number of hydrogen-bond donors (Lipinski definition) is 0. The monoisotopic (exact) mass is 407 g/mol. The summed E-state index contributed by atoms with van der Waals surface area (Å²) in [4.78, 5) is 26.5. The van der Waals surface area contributed by atoms with E-state index < -0.39 is 0 Å². The lowest BCUT2D eigenvalue weighted by Crippen LogP contribution is -2.44. The molecule has 104 valence electrons. The molecular weight excluding hydrogens is 394 g/mol. The van der Waals surface area contributed by atoms with Crippen LogP contribution in [0.4, 0.5) is 0 Å². The van der Waals surface area contributed by atoms with E-state index in [-0.39, 0.29) is 17.7 Å². The Morgan fingerprint density at radius 1 is 1.42 bits per heavy atom. The zero-order chi connectivity index (χ0) is 14.0. The van der Waals surface area contributed by atoms with Crippen molar-refractivity contribution in [1.82, 2.24) is 4.90 Å². The van der Waals surface area contributed by atoms with Crippen molar-refractivity contribution in [1.29, 1.82) is 0 Å². The number of hydrogen-bond acceptors (Lipinski definition) is 3. The van der Waals surface area contributed by atoms with Gasteiger partial charge in [-0.05, 0) is 64.1 Å². The molecule has 2 rings (SSSR count). The number of halogens is 2. The number of Topliss-reactive ketones (excluding diaryl/α,β-unsaturated/α-hetero) is 1. The fourth-order valence-corrected chi connectivity index (χ4v) is 4.40. The molecule has 1 aromatic rings. The second-order valence-electron chi connectivity index (χ2n) is 4.79. The van der Waals surface area contributed by atoms with Crippen LogP contribution in [0.5, 0.6) is 0 Å². The molecule has 1 fully saturated rings. The van der Waals surface area contributed by atoms with Crippen molar-refractivity contribution in [3.63, 3.8) is 0 Å². The molecule has 1 amide bonds. The van der Waals surface area contributed by atoms with Gasteiger partial charge in [0.15, 0.2) is 0 Å². The highest BCUT2D eigenvalue weighted by atomic mass is 79.9. The standard InChI is InChI=1S/C13H15Br2NO2S/c1-8(17)6-9-4-2-3-5-16(9)13(18)11-7-10(14)12(15)19-11/h7,9H,2-6H2,1H3. The van der Waals surface area contributed by atoms with E-state index in [1.54, 1.807) is 6.92 Å². The third kappa shape index (κ3) is 3.67. The summed E-state index contributed by atoms with van der Waals surface area (Å²) in [7, 11) is 0. The maximum absolute atomic E-state index is 12.5. The molecule has 2 heterocycles. The van der Waals surface area contributed by atoms with Crippen LogP contribution >= 0.6 is 43.2 Å². The van der Waals surface area contributed by atoms with Gasteiger partial charge in [0.05, 0.1) is 8.66 Å². The summed E-state index contributed by atoms with van der Waals surface area (Å²) in [5.41, 5.74) is 0. The van der Waals surface area contributed by atoms with Crippen molar-refractivity contribution in [3.8, 4) is 0 Å². The van der Waals surface area contributed by atoms with Gasteiger partial charge in [0.25, 0.3) is 5.91 Å². The molecule has 6 heteroatoms. The second-order valence-corrected chi connectivity index (χ2v) is 8.01. The molecule has 1 unspecified atom stereocenters. The van der Waals surface area contributed by atoms with Gasteiger partial charge in [-0.15, -0.1) is 11.3 Å². The van der Waals surface area contributed by atoms with Gasteiger partial charge in [-0.25, -0.2) is 0 Å². The molecule has 1 saturated heterocycles. The average molecular weight is 409 g/mol. The molecule has 1 aromatic heterocycles. The van der Waals surface area contributed by atoms with E-state index >= 15 is 0 Å². The third-order valence-electron chi connectivity index (χ3n) is 3.27. The average Bonchev–Trinajstić information content (AvgIpc) is 2.69. The van der Waals surface area contributed by atoms with Crippen LogP contribution in [0.3, 0.4) is 0 Å². The highest BCUT2D eigenvalue weighted by molar-refractivity contribution is 9.13. The lowest BCUT2D eigenvalue weighted by Gasteiger charge is -2.35. The molecule has 0 saturated carbocycles. The van der Waals surface area contributed by atoms with Gasteiger partial charge in [0.2, 0.25) is 0 Å². The number of likely N-dealkylation sites (tertiary alicyclic amines) is 1. The Morgan fingerprint density at radius 2 is 2.16 bits per heavy atom. The maximum atomic E-state index is 12.5. The molecule has 0 aromatic carbocycles. The number of rotatable bonds is 3. The molecule has 0 spiro atoms. The first kappa shape index (κ1) is 15.2. The second kappa shape index (κ2) is 6.50. The number of amides is 1. The van der Waals surface area contributed by atoms with Crippen LogP contribution in [-0.4, -0.2) is 29.2 Å². The largest absolute Gasteiger partial charge is 0.335 e. The van der Waals surface area contributed by atoms with E-state index in [0.717, 1.165) is 34.1 Å². The van der Waals surface area contributed by atoms with Crippen molar-refractivity contribution >= 4 is 54.9 Å². The normalized spacial score (nSPS) is 19.5. The lowest BCUT2D eigenvalue weighted by molar-refractivity contribution is -0.118. The van der Waals surface area contributed by atoms with Gasteiger partial charge in [-0.1, -0.05) is 0 Å². The van der Waals surface area contributed by atoms with Crippen molar-refractivity contribution in [2.24, 2.45) is 0 Å². The summed E-state index contributed by atoms with van der Waals surface area (Å²) < 4.78 is 1.83. The smallest absolute Gasteiger partial charge is 0.264 e. The first-order valence-electron chi connectivity index (χ1n) is 6.24. The Kier molecular flexibility index (Phi) is 5.20. The minimum atomic E-state index is 0.0438. The van der Waals surface area contributed by atoms with E-state index in [2.05, 4.69) is 31.9 Å². The molecule has 0 N–H and O–H groups in total. The fraction of sp³-hybridized carbons (Fsp3) is 0.538. The van der Waals surface area contributed by atoms with Crippen LogP contribution in [0, 0.1) is 0 Å². The number of carbonyl (C=O) groups is 2. The van der Waals surface area contributed by atoms with Gasteiger partial charge in [0, 0.05) is 23.5 Å². The van der Waals surface area contributed by atoms with Crippen molar-refractivity contribution < 1.29 is 9.59 Å². The maximum Gasteiger partial charge on any atom is 0.264 e. The SMILES string of the molecule is CC(=O)CC1CCCCN1C(=O)c1cc(Br)c(Br)s1. The zero-order valence-electron chi connectivity index (χ0n) is 10.6. The molecule has 1 aliphatic rings. The van der Waals surface area contributed by atoms with E-state index in [1.807, 2.05) is 11.0 Å². The number of ketones is 1. The van der Waals surface area contributed by atoms with Crippen molar-refractivity contribution in [3.05, 3.63) is 19.2 Å². The summed E-state index contributed by atoms with van der Waals surface area (Å²) in [6.07, 6.45) is 3.52. The van der Waals surface area contributed by atoms with Crippen LogP contribution in [0.15, 0.2) is 14.3 Å². The Balaban J connectivity index is 2.17. The fourth-order valence-electron chi connectivity index (χ4n) is 2.41. The molecule has 1 aliphatic heterocycles. The molecule has 3 nitrogen and oxygen atoms in total. The van der Waals surface area contributed by atoms with E-state index in [4.69, 9.17) is 0 Å². The van der Waals surface area contributed by atoms with E-state index in [9.17, 15) is 9.59 Å². The van der Waals surface area contributed by atoms with E-state index in [1.165, 1.54) is 11.3 Å². The zero-order valence-corrected chi connectivity index (χ0v) is 14.6. The molecular formula is C13H15Br2NO2S. The number of piperidine rings is 1. The van der Waals surface area contributed by atoms with Gasteiger partial charge in [-0.3, -0.25) is 9.59 Å². The first-order valence-corrected chi connectivity index (χ1v) is 8.64. The minimum absolute atomic E-state index is 0.0438. The number of nitrogens with zero attached hydrogens (tertiary/aromatic N) is 1. The molecule has 19 heavy (non-hydrogen) atoms. The topological polar surface area (TPSA) is 37.4 Å². The minimum Gasteiger partial charge on any atom is -0.335 e. The lowest BCUT2D eigenvalue weighted by atomic mass is 9.97. The van der Waals surface area contributed by atoms with Gasteiger partial charge in [-0.2, -0.15) is 0 Å². The molecule has 0 aliphatic carbocycles. The third-order valence-corrected chi connectivity index (χ3v) is 6.51. The van der Waals surface area contributed by atoms with E-state index in [0.29, 0.717) is 11.3 Å². The summed E-state index contributed by atoms with van der Waals surface area (Å²) in [5, 5.41) is 0. The van der Waals surface area contributed by atoms with Crippen LogP contribution in [0.25, 0.3) is 0 Å². The Bertz CT molecular complexity index is 481. The van der Waals surface area contributed by atoms with Crippen LogP contribution in [0.2, 0.25) is 0 Å². The van der Waals surface area contributed by atoms with Crippen LogP contribution < -0.4 is 0 Å². The molecule has 0 bridgehead atoms. The molecule has 0 radical (unpaired) electrons. The number of thiophene rings is 1. The van der Waals surface area contributed by atoms with Crippen LogP contribution in [0.1, 0.15) is 42.3 Å². The molecule has 1 atom stereocenters. The predicted molar refractivity (Wildman–Crippen MR) is 83.7 cm³/mol. The quantitative estimate of drug-likeness (QED) is 0.749. The van der Waals surface area contributed by atoms with Gasteiger partial charge < -0.3 is 4.90 Å². The Hall–Kier alpha value is -0.200. The van der Waals surface area contributed by atoms with Crippen molar-refractivity contribution in [2.45, 2.75) is 38.6 Å². The Labute approximate surface area is 133 Å². The summed E-state index contributed by atoms with van der Waals surface area (Å²) in [6.45, 7) is 2.35. The van der Waals surface area contributed by atoms with Crippen LogP contribution in [-0.2, 0) is 4.79 Å². The first-order chi connectivity index (χ1) is 8.99.